The van der Waals surface area contributed by atoms with E-state index < -0.39 is 17.7 Å². The molecule has 0 saturated heterocycles. The Balaban J connectivity index is 1.52. The Hall–Kier alpha value is -3.09. The maximum absolute atomic E-state index is 12.4. The zero-order valence-corrected chi connectivity index (χ0v) is 22.1. The minimum absolute atomic E-state index is 0.0784. The number of ether oxygens (including phenoxy) is 2. The molecule has 0 aromatic heterocycles. The molecule has 1 saturated carbocycles. The highest BCUT2D eigenvalue weighted by molar-refractivity contribution is 6.30. The number of halogens is 1. The lowest BCUT2D eigenvalue weighted by atomic mass is 9.89. The van der Waals surface area contributed by atoms with Crippen LogP contribution in [0.15, 0.2) is 72.8 Å². The molecular formula is C30H35ClO6. The molecule has 0 aliphatic heterocycles. The smallest absolute Gasteiger partial charge is 0.303 e. The van der Waals surface area contributed by atoms with Gasteiger partial charge in [0.2, 0.25) is 0 Å². The summed E-state index contributed by atoms with van der Waals surface area (Å²) < 4.78 is 11.9. The summed E-state index contributed by atoms with van der Waals surface area (Å²) in [7, 11) is 0. The van der Waals surface area contributed by atoms with Crippen LogP contribution >= 0.6 is 11.6 Å². The van der Waals surface area contributed by atoms with Gasteiger partial charge < -0.3 is 19.7 Å². The molecule has 2 N–H and O–H groups in total. The van der Waals surface area contributed by atoms with Crippen molar-refractivity contribution < 1.29 is 29.3 Å². The first-order chi connectivity index (χ1) is 17.6. The summed E-state index contributed by atoms with van der Waals surface area (Å²) in [5.41, 5.74) is -0.889. The summed E-state index contributed by atoms with van der Waals surface area (Å²) in [6.45, 7) is 3.64. The van der Waals surface area contributed by atoms with Crippen molar-refractivity contribution in [2.24, 2.45) is 11.8 Å². The first-order valence-corrected chi connectivity index (χ1v) is 13.0. The molecule has 1 aliphatic rings. The van der Waals surface area contributed by atoms with E-state index in [0.717, 1.165) is 19.3 Å². The topological polar surface area (TPSA) is 93.1 Å². The SMILES string of the molecule is CC(C)(Oc1ccc(Oc2ccc(Cl)cc2)cc1)C(O)/C=C/[C@H]1CCC(=O)[C@H]1CCC=CCCC(=O)O. The third-order valence-electron chi connectivity index (χ3n) is 6.50. The average Bonchev–Trinajstić information content (AvgIpc) is 3.21. The van der Waals surface area contributed by atoms with Gasteiger partial charge in [-0.3, -0.25) is 9.59 Å². The lowest BCUT2D eigenvalue weighted by Gasteiger charge is -2.30. The van der Waals surface area contributed by atoms with Crippen LogP contribution in [-0.4, -0.2) is 33.7 Å². The molecule has 2 aromatic rings. The summed E-state index contributed by atoms with van der Waals surface area (Å²) >= 11 is 5.91. The van der Waals surface area contributed by atoms with Gasteiger partial charge in [-0.1, -0.05) is 35.9 Å². The van der Waals surface area contributed by atoms with Crippen LogP contribution in [-0.2, 0) is 9.59 Å². The summed E-state index contributed by atoms with van der Waals surface area (Å²) in [6, 6.07) is 14.3. The molecule has 3 rings (SSSR count). The standard InChI is InChI=1S/C30H35ClO6/c1-30(2,37-25-17-15-24(16-18-25)36-23-13-11-22(31)12-14-23)28(33)20-10-21-9-19-27(32)26(21)7-5-3-4-6-8-29(34)35/h3-4,10-18,20-21,26,28,33H,5-9,19H2,1-2H3,(H,34,35)/b4-3?,20-10+/t21-,26+,28?/m1/s1. The van der Waals surface area contributed by atoms with Crippen LogP contribution in [0.1, 0.15) is 52.4 Å². The van der Waals surface area contributed by atoms with Crippen molar-refractivity contribution in [3.8, 4) is 17.2 Å². The predicted molar refractivity (Wildman–Crippen MR) is 144 cm³/mol. The number of hydrogen-bond donors (Lipinski definition) is 2. The van der Waals surface area contributed by atoms with E-state index >= 15 is 0 Å². The zero-order chi connectivity index (χ0) is 26.8. The first-order valence-electron chi connectivity index (χ1n) is 12.6. The van der Waals surface area contributed by atoms with E-state index in [1.165, 1.54) is 0 Å². The van der Waals surface area contributed by atoms with Crippen LogP contribution in [0.2, 0.25) is 5.02 Å². The highest BCUT2D eigenvalue weighted by Gasteiger charge is 2.33. The van der Waals surface area contributed by atoms with E-state index in [0.29, 0.717) is 35.1 Å². The second kappa shape index (κ2) is 13.5. The van der Waals surface area contributed by atoms with Crippen molar-refractivity contribution in [1.82, 2.24) is 0 Å². The Bertz CT molecular complexity index is 1090. The van der Waals surface area contributed by atoms with Gasteiger partial charge in [0, 0.05) is 23.8 Å². The number of carbonyl (C=O) groups is 2. The quantitative estimate of drug-likeness (QED) is 0.273. The van der Waals surface area contributed by atoms with Crippen molar-refractivity contribution >= 4 is 23.4 Å². The lowest BCUT2D eigenvalue weighted by molar-refractivity contribution is -0.136. The van der Waals surface area contributed by atoms with Crippen LogP contribution in [0.3, 0.4) is 0 Å². The van der Waals surface area contributed by atoms with Crippen molar-refractivity contribution in [1.29, 1.82) is 0 Å². The maximum Gasteiger partial charge on any atom is 0.303 e. The van der Waals surface area contributed by atoms with Crippen LogP contribution in [0.25, 0.3) is 0 Å². The van der Waals surface area contributed by atoms with Crippen LogP contribution in [0, 0.1) is 11.8 Å². The summed E-state index contributed by atoms with van der Waals surface area (Å²) in [5.74, 6) is 1.37. The van der Waals surface area contributed by atoms with E-state index in [-0.39, 0.29) is 24.0 Å². The Morgan fingerprint density at radius 2 is 1.65 bits per heavy atom. The Kier molecular flexibility index (Phi) is 10.4. The molecule has 0 radical (unpaired) electrons. The number of ketones is 1. The lowest BCUT2D eigenvalue weighted by Crippen LogP contribution is -2.40. The summed E-state index contributed by atoms with van der Waals surface area (Å²) in [6.07, 6.45) is 9.99. The van der Waals surface area contributed by atoms with Gasteiger partial charge in [0.25, 0.3) is 0 Å². The summed E-state index contributed by atoms with van der Waals surface area (Å²) in [4.78, 5) is 23.0. The molecule has 0 heterocycles. The van der Waals surface area contributed by atoms with Gasteiger partial charge in [-0.15, -0.1) is 0 Å². The molecule has 0 bridgehead atoms. The molecular weight excluding hydrogens is 492 g/mol. The molecule has 0 amide bonds. The first kappa shape index (κ1) is 28.5. The number of rotatable bonds is 13. The van der Waals surface area contributed by atoms with E-state index in [2.05, 4.69) is 0 Å². The number of hydrogen-bond acceptors (Lipinski definition) is 5. The molecule has 6 nitrogen and oxygen atoms in total. The number of Topliss-reactive ketones (excluding diaryl/α,β-unsaturated/α-hetero) is 1. The van der Waals surface area contributed by atoms with Gasteiger partial charge in [0.05, 0.1) is 0 Å². The predicted octanol–water partition coefficient (Wildman–Crippen LogP) is 7.00. The second-order valence-electron chi connectivity index (χ2n) is 9.82. The number of aliphatic hydroxyl groups is 1. The maximum atomic E-state index is 12.4. The van der Waals surface area contributed by atoms with Gasteiger partial charge in [-0.25, -0.2) is 0 Å². The number of aliphatic carboxylic acids is 1. The number of benzene rings is 2. The molecule has 3 atom stereocenters. The summed E-state index contributed by atoms with van der Waals surface area (Å²) in [5, 5.41) is 20.2. The van der Waals surface area contributed by atoms with E-state index in [1.54, 1.807) is 54.6 Å². The highest BCUT2D eigenvalue weighted by Crippen LogP contribution is 2.34. The minimum atomic E-state index is -0.889. The Morgan fingerprint density at radius 1 is 1.05 bits per heavy atom. The third kappa shape index (κ3) is 9.06. The normalized spacial score (nSPS) is 19.0. The average molecular weight is 527 g/mol. The van der Waals surface area contributed by atoms with Crippen LogP contribution in [0.5, 0.6) is 17.2 Å². The fraction of sp³-hybridized carbons (Fsp3) is 0.400. The number of allylic oxidation sites excluding steroid dienone is 3. The second-order valence-corrected chi connectivity index (χ2v) is 10.3. The van der Waals surface area contributed by atoms with Gasteiger partial charge >= 0.3 is 5.97 Å². The number of aliphatic hydroxyl groups excluding tert-OH is 1. The fourth-order valence-corrected chi connectivity index (χ4v) is 4.44. The molecule has 1 aliphatic carbocycles. The van der Waals surface area contributed by atoms with Crippen molar-refractivity contribution in [2.75, 3.05) is 0 Å². The van der Waals surface area contributed by atoms with Crippen LogP contribution < -0.4 is 9.47 Å². The Morgan fingerprint density at radius 3 is 2.30 bits per heavy atom. The van der Waals surface area contributed by atoms with Gasteiger partial charge in [-0.2, -0.15) is 0 Å². The molecule has 7 heteroatoms. The molecule has 2 aromatic carbocycles. The zero-order valence-electron chi connectivity index (χ0n) is 21.3. The van der Waals surface area contributed by atoms with Crippen molar-refractivity contribution in [3.05, 3.63) is 77.9 Å². The molecule has 1 fully saturated rings. The number of carboxylic acids is 1. The third-order valence-corrected chi connectivity index (χ3v) is 6.75. The highest BCUT2D eigenvalue weighted by atomic mass is 35.5. The van der Waals surface area contributed by atoms with Crippen molar-refractivity contribution in [3.63, 3.8) is 0 Å². The molecule has 0 spiro atoms. The monoisotopic (exact) mass is 526 g/mol. The Labute approximate surface area is 223 Å². The minimum Gasteiger partial charge on any atom is -0.485 e. The van der Waals surface area contributed by atoms with Crippen molar-refractivity contribution in [2.45, 2.75) is 64.1 Å². The van der Waals surface area contributed by atoms with E-state index in [4.69, 9.17) is 26.2 Å². The van der Waals surface area contributed by atoms with E-state index in [1.807, 2.05) is 32.1 Å². The molecule has 198 valence electrons. The molecule has 37 heavy (non-hydrogen) atoms. The van der Waals surface area contributed by atoms with Gasteiger partial charge in [-0.05, 0) is 94.0 Å². The molecule has 1 unspecified atom stereocenters. The van der Waals surface area contributed by atoms with Crippen LogP contribution in [0.4, 0.5) is 0 Å². The van der Waals surface area contributed by atoms with Gasteiger partial charge in [0.1, 0.15) is 34.7 Å². The fourth-order valence-electron chi connectivity index (χ4n) is 4.32. The number of carbonyl (C=O) groups excluding carboxylic acids is 1. The van der Waals surface area contributed by atoms with Gasteiger partial charge in [0.15, 0.2) is 0 Å². The largest absolute Gasteiger partial charge is 0.485 e. The van der Waals surface area contributed by atoms with E-state index in [9.17, 15) is 14.7 Å². The number of carboxylic acid groups (broad SMARTS) is 1.